The molecule has 0 aliphatic carbocycles. The summed E-state index contributed by atoms with van der Waals surface area (Å²) in [6, 6.07) is 6.12. The lowest BCUT2D eigenvalue weighted by Gasteiger charge is -2.37. The molecule has 1 aromatic carbocycles. The number of halogens is 4. The zero-order valence-corrected chi connectivity index (χ0v) is 24.5. The molecular weight excluding hydrogens is 603 g/mol. The van der Waals surface area contributed by atoms with Crippen LogP contribution in [-0.2, 0) is 24.6 Å². The number of hydrogen-bond acceptors (Lipinski definition) is 7. The van der Waals surface area contributed by atoms with E-state index in [1.807, 2.05) is 4.90 Å². The quantitative estimate of drug-likeness (QED) is 0.426. The molecule has 12 nitrogen and oxygen atoms in total. The lowest BCUT2D eigenvalue weighted by Crippen LogP contribution is -2.52. The molecule has 0 radical (unpaired) electrons. The van der Waals surface area contributed by atoms with Crippen LogP contribution in [0.15, 0.2) is 30.6 Å². The summed E-state index contributed by atoms with van der Waals surface area (Å²) in [5, 5.41) is 18.3. The maximum atomic E-state index is 13.6. The second-order valence-electron chi connectivity index (χ2n) is 10.6. The van der Waals surface area contributed by atoms with Crippen LogP contribution in [0.3, 0.4) is 0 Å². The molecule has 2 aromatic heterocycles. The zero-order chi connectivity index (χ0) is 31.6. The summed E-state index contributed by atoms with van der Waals surface area (Å²) in [5.74, 6) is -1.06. The molecule has 0 saturated carbocycles. The number of amides is 3. The first-order valence-corrected chi connectivity index (χ1v) is 14.3. The van der Waals surface area contributed by atoms with Crippen LogP contribution in [0.1, 0.15) is 39.5 Å². The molecule has 44 heavy (non-hydrogen) atoms. The first-order chi connectivity index (χ1) is 21.0. The van der Waals surface area contributed by atoms with Gasteiger partial charge in [-0.25, -0.2) is 4.98 Å². The number of piperidine rings is 1. The number of anilines is 1. The molecule has 16 heteroatoms. The van der Waals surface area contributed by atoms with Crippen molar-refractivity contribution in [2.75, 3.05) is 44.6 Å². The number of rotatable bonds is 6. The number of carbonyl (C=O) groups is 3. The molecule has 0 unspecified atom stereocenters. The van der Waals surface area contributed by atoms with Crippen LogP contribution in [0, 0.1) is 17.2 Å². The van der Waals surface area contributed by atoms with E-state index in [0.717, 1.165) is 43.0 Å². The van der Waals surface area contributed by atoms with Crippen LogP contribution >= 0.6 is 11.6 Å². The predicted octanol–water partition coefficient (Wildman–Crippen LogP) is 3.02. The summed E-state index contributed by atoms with van der Waals surface area (Å²) in [7, 11) is 1.38. The maximum Gasteiger partial charge on any atom is 0.435 e. The maximum absolute atomic E-state index is 13.6. The van der Waals surface area contributed by atoms with E-state index in [1.165, 1.54) is 29.8 Å². The van der Waals surface area contributed by atoms with Gasteiger partial charge in [-0.2, -0.15) is 23.5 Å². The van der Waals surface area contributed by atoms with Gasteiger partial charge in [0.25, 0.3) is 11.8 Å². The molecule has 0 spiro atoms. The highest BCUT2D eigenvalue weighted by molar-refractivity contribution is 6.34. The van der Waals surface area contributed by atoms with Crippen molar-refractivity contribution in [2.24, 2.45) is 13.0 Å². The average molecular weight is 632 g/mol. The van der Waals surface area contributed by atoms with E-state index in [9.17, 15) is 27.6 Å². The molecule has 2 aliphatic heterocycles. The van der Waals surface area contributed by atoms with Gasteiger partial charge in [-0.1, -0.05) is 11.6 Å². The first-order valence-electron chi connectivity index (χ1n) is 13.9. The number of nitrogens with zero attached hydrogens (tertiary/aromatic N) is 7. The van der Waals surface area contributed by atoms with Crippen molar-refractivity contribution < 1.29 is 27.6 Å². The highest BCUT2D eigenvalue weighted by atomic mass is 35.5. The van der Waals surface area contributed by atoms with Gasteiger partial charge in [0, 0.05) is 51.0 Å². The molecule has 2 aliphatic rings. The molecule has 3 amide bonds. The molecular formula is C28H29ClF3N9O3. The minimum absolute atomic E-state index is 0.0128. The third-order valence-electron chi connectivity index (χ3n) is 7.75. The fraction of sp³-hybridized carbons (Fsp3) is 0.429. The summed E-state index contributed by atoms with van der Waals surface area (Å²) < 4.78 is 42.9. The van der Waals surface area contributed by atoms with Crippen LogP contribution in [0.4, 0.5) is 18.9 Å². The Balaban J connectivity index is 1.24. The van der Waals surface area contributed by atoms with E-state index in [1.54, 1.807) is 11.0 Å². The average Bonchev–Trinajstić information content (AvgIpc) is 3.60. The molecule has 3 aromatic rings. The minimum Gasteiger partial charge on any atom is -0.339 e. The standard InChI is InChI=1S/C28H29ClF3N9O3/c1-38-22(20-16-41(9-6-33)37-23(20)28(30,31)32)15-35-24(38)25(42)36-18-2-3-19(21(29)14-18)27(44)40-12-10-39(11-13-40)26(43)17-4-7-34-8-5-17/h2-3,14-17,34H,4-5,7-13H2,1H3,(H,36,42). The molecule has 2 fully saturated rings. The molecule has 232 valence electrons. The molecule has 2 saturated heterocycles. The van der Waals surface area contributed by atoms with Gasteiger partial charge in [0.15, 0.2) is 11.5 Å². The summed E-state index contributed by atoms with van der Waals surface area (Å²) in [4.78, 5) is 46.5. The van der Waals surface area contributed by atoms with Crippen molar-refractivity contribution in [3.63, 3.8) is 0 Å². The number of nitriles is 1. The normalized spacial score (nSPS) is 16.1. The lowest BCUT2D eigenvalue weighted by atomic mass is 9.96. The Kier molecular flexibility index (Phi) is 8.93. The molecule has 4 heterocycles. The van der Waals surface area contributed by atoms with Crippen LogP contribution < -0.4 is 10.6 Å². The van der Waals surface area contributed by atoms with Crippen molar-refractivity contribution in [3.05, 3.63) is 52.7 Å². The molecule has 0 bridgehead atoms. The molecule has 5 rings (SSSR count). The summed E-state index contributed by atoms with van der Waals surface area (Å²) >= 11 is 6.43. The van der Waals surface area contributed by atoms with Gasteiger partial charge < -0.3 is 25.0 Å². The molecule has 0 atom stereocenters. The summed E-state index contributed by atoms with van der Waals surface area (Å²) in [6.45, 7) is 2.89. The zero-order valence-electron chi connectivity index (χ0n) is 23.7. The Morgan fingerprint density at radius 1 is 1.14 bits per heavy atom. The van der Waals surface area contributed by atoms with Gasteiger partial charge in [-0.3, -0.25) is 19.1 Å². The van der Waals surface area contributed by atoms with Gasteiger partial charge in [-0.15, -0.1) is 0 Å². The largest absolute Gasteiger partial charge is 0.435 e. The van der Waals surface area contributed by atoms with Gasteiger partial charge in [0.05, 0.1) is 34.1 Å². The van der Waals surface area contributed by atoms with E-state index in [4.69, 9.17) is 16.9 Å². The van der Waals surface area contributed by atoms with E-state index in [-0.39, 0.29) is 57.6 Å². The topological polar surface area (TPSA) is 141 Å². The second-order valence-corrected chi connectivity index (χ2v) is 11.0. The number of hydrogen-bond donors (Lipinski definition) is 2. The number of imidazole rings is 1. The van der Waals surface area contributed by atoms with Crippen LogP contribution in [0.5, 0.6) is 0 Å². The third kappa shape index (κ3) is 6.41. The van der Waals surface area contributed by atoms with Gasteiger partial charge in [-0.05, 0) is 44.1 Å². The van der Waals surface area contributed by atoms with Gasteiger partial charge >= 0.3 is 6.18 Å². The molecule has 2 N–H and O–H groups in total. The number of carbonyl (C=O) groups excluding carboxylic acids is 3. The number of aromatic nitrogens is 4. The van der Waals surface area contributed by atoms with Crippen LogP contribution in [-0.4, -0.2) is 86.1 Å². The van der Waals surface area contributed by atoms with E-state index in [2.05, 4.69) is 20.7 Å². The van der Waals surface area contributed by atoms with E-state index >= 15 is 0 Å². The van der Waals surface area contributed by atoms with Gasteiger partial charge in [0.1, 0.15) is 6.54 Å². The van der Waals surface area contributed by atoms with Crippen molar-refractivity contribution in [2.45, 2.75) is 25.6 Å². The van der Waals surface area contributed by atoms with E-state index < -0.39 is 17.8 Å². The summed E-state index contributed by atoms with van der Waals surface area (Å²) in [5.41, 5.74) is -1.08. The Morgan fingerprint density at radius 2 is 1.82 bits per heavy atom. The third-order valence-corrected chi connectivity index (χ3v) is 8.07. The highest BCUT2D eigenvalue weighted by Crippen LogP contribution is 2.36. The smallest absolute Gasteiger partial charge is 0.339 e. The Labute approximate surface area is 255 Å². The number of alkyl halides is 3. The number of benzene rings is 1. The van der Waals surface area contributed by atoms with E-state index in [0.29, 0.717) is 26.2 Å². The van der Waals surface area contributed by atoms with Gasteiger partial charge in [0.2, 0.25) is 5.91 Å². The minimum atomic E-state index is -4.80. The fourth-order valence-electron chi connectivity index (χ4n) is 5.42. The lowest BCUT2D eigenvalue weighted by molar-refractivity contribution is -0.141. The number of nitrogens with one attached hydrogen (secondary N) is 2. The second kappa shape index (κ2) is 12.7. The van der Waals surface area contributed by atoms with Crippen LogP contribution in [0.25, 0.3) is 11.3 Å². The van der Waals surface area contributed by atoms with Crippen molar-refractivity contribution in [1.29, 1.82) is 5.26 Å². The highest BCUT2D eigenvalue weighted by Gasteiger charge is 2.38. The monoisotopic (exact) mass is 631 g/mol. The van der Waals surface area contributed by atoms with Crippen LogP contribution in [0.2, 0.25) is 5.02 Å². The first kappa shape index (κ1) is 31.0. The van der Waals surface area contributed by atoms with Crippen molar-refractivity contribution >= 4 is 35.0 Å². The fourth-order valence-corrected chi connectivity index (χ4v) is 5.68. The Morgan fingerprint density at radius 3 is 2.45 bits per heavy atom. The SMILES string of the molecule is Cn1c(-c2cn(CC#N)nc2C(F)(F)F)cnc1C(=O)Nc1ccc(C(=O)N2CCN(C(=O)C3CCNCC3)CC2)c(Cl)c1. The van der Waals surface area contributed by atoms with Crippen molar-refractivity contribution in [1.82, 2.24) is 34.4 Å². The van der Waals surface area contributed by atoms with Crippen molar-refractivity contribution in [3.8, 4) is 17.3 Å². The Hall–Kier alpha value is -4.42. The summed E-state index contributed by atoms with van der Waals surface area (Å²) in [6.07, 6.45) is -0.979. The predicted molar refractivity (Wildman–Crippen MR) is 153 cm³/mol. The number of piperazine rings is 1. The Bertz CT molecular complexity index is 1610.